The van der Waals surface area contributed by atoms with Crippen molar-refractivity contribution in [2.75, 3.05) is 0 Å². The van der Waals surface area contributed by atoms with Gasteiger partial charge in [0.05, 0.1) is 0 Å². The summed E-state index contributed by atoms with van der Waals surface area (Å²) < 4.78 is 0. The van der Waals surface area contributed by atoms with Gasteiger partial charge in [0.25, 0.3) is 0 Å². The first kappa shape index (κ1) is 7.84. The van der Waals surface area contributed by atoms with Crippen LogP contribution in [0.15, 0.2) is 11.6 Å². The Kier molecular flexibility index (Phi) is 1.89. The molecule has 0 heteroatoms. The zero-order valence-electron chi connectivity index (χ0n) is 7.57. The van der Waals surface area contributed by atoms with Crippen molar-refractivity contribution in [3.05, 3.63) is 11.6 Å². The van der Waals surface area contributed by atoms with Gasteiger partial charge in [-0.15, -0.1) is 0 Å². The number of hydrogen-bond acceptors (Lipinski definition) is 0. The lowest BCUT2D eigenvalue weighted by Crippen LogP contribution is -2.00. The standard InChI is InChI=1S/C10H18/c1-5-9(6-2)10(4)7-8(10)3/h5,8H,6-7H2,1-4H3/b9-5+. The molecule has 0 heterocycles. The fourth-order valence-corrected chi connectivity index (χ4v) is 1.96. The second-order valence-electron chi connectivity index (χ2n) is 3.69. The van der Waals surface area contributed by atoms with Crippen LogP contribution >= 0.6 is 0 Å². The Hall–Kier alpha value is -0.260. The van der Waals surface area contributed by atoms with E-state index in [1.807, 2.05) is 0 Å². The van der Waals surface area contributed by atoms with Gasteiger partial charge in [0.2, 0.25) is 0 Å². The topological polar surface area (TPSA) is 0 Å². The minimum absolute atomic E-state index is 0.587. The molecule has 1 aliphatic rings. The van der Waals surface area contributed by atoms with E-state index in [2.05, 4.69) is 33.8 Å². The van der Waals surface area contributed by atoms with Crippen molar-refractivity contribution in [2.45, 2.75) is 40.5 Å². The van der Waals surface area contributed by atoms with Crippen LogP contribution in [-0.2, 0) is 0 Å². The fraction of sp³-hybridized carbons (Fsp3) is 0.800. The van der Waals surface area contributed by atoms with E-state index in [0.29, 0.717) is 5.41 Å². The molecule has 1 rings (SSSR count). The third-order valence-electron chi connectivity index (χ3n) is 3.12. The van der Waals surface area contributed by atoms with Crippen LogP contribution in [0.1, 0.15) is 40.5 Å². The van der Waals surface area contributed by atoms with Crippen molar-refractivity contribution >= 4 is 0 Å². The molecular formula is C10H18. The molecule has 0 aromatic rings. The molecule has 58 valence electrons. The molecule has 1 aliphatic carbocycles. The van der Waals surface area contributed by atoms with Crippen molar-refractivity contribution in [2.24, 2.45) is 11.3 Å². The van der Waals surface area contributed by atoms with Crippen LogP contribution in [0.2, 0.25) is 0 Å². The summed E-state index contributed by atoms with van der Waals surface area (Å²) in [6.07, 6.45) is 4.93. The van der Waals surface area contributed by atoms with Gasteiger partial charge in [-0.3, -0.25) is 0 Å². The fourth-order valence-electron chi connectivity index (χ4n) is 1.96. The monoisotopic (exact) mass is 138 g/mol. The van der Waals surface area contributed by atoms with E-state index >= 15 is 0 Å². The Morgan fingerprint density at radius 2 is 2.20 bits per heavy atom. The predicted octanol–water partition coefficient (Wildman–Crippen LogP) is 3.39. The van der Waals surface area contributed by atoms with E-state index < -0.39 is 0 Å². The first-order valence-electron chi connectivity index (χ1n) is 4.30. The first-order valence-corrected chi connectivity index (χ1v) is 4.30. The van der Waals surface area contributed by atoms with E-state index in [-0.39, 0.29) is 0 Å². The molecule has 10 heavy (non-hydrogen) atoms. The van der Waals surface area contributed by atoms with Gasteiger partial charge in [-0.05, 0) is 31.1 Å². The van der Waals surface area contributed by atoms with Crippen LogP contribution in [0.25, 0.3) is 0 Å². The van der Waals surface area contributed by atoms with Gasteiger partial charge in [-0.25, -0.2) is 0 Å². The molecule has 0 aromatic heterocycles. The van der Waals surface area contributed by atoms with Crippen molar-refractivity contribution in [1.29, 1.82) is 0 Å². The van der Waals surface area contributed by atoms with Gasteiger partial charge in [-0.1, -0.05) is 32.4 Å². The lowest BCUT2D eigenvalue weighted by molar-refractivity contribution is 0.596. The minimum Gasteiger partial charge on any atom is -0.0879 e. The molecule has 2 unspecified atom stereocenters. The van der Waals surface area contributed by atoms with E-state index in [1.165, 1.54) is 12.8 Å². The highest BCUT2D eigenvalue weighted by Gasteiger charge is 2.47. The van der Waals surface area contributed by atoms with Gasteiger partial charge >= 0.3 is 0 Å². The molecule has 0 radical (unpaired) electrons. The first-order chi connectivity index (χ1) is 4.65. The smallest absolute Gasteiger partial charge is 0.00878 e. The summed E-state index contributed by atoms with van der Waals surface area (Å²) in [5, 5.41) is 0. The summed E-state index contributed by atoms with van der Waals surface area (Å²) in [4.78, 5) is 0. The summed E-state index contributed by atoms with van der Waals surface area (Å²) >= 11 is 0. The zero-order chi connectivity index (χ0) is 7.78. The quantitative estimate of drug-likeness (QED) is 0.513. The van der Waals surface area contributed by atoms with E-state index in [1.54, 1.807) is 5.57 Å². The average molecular weight is 138 g/mol. The van der Waals surface area contributed by atoms with Crippen LogP contribution < -0.4 is 0 Å². The maximum atomic E-state index is 2.39. The van der Waals surface area contributed by atoms with Crippen LogP contribution in [0.3, 0.4) is 0 Å². The van der Waals surface area contributed by atoms with Gasteiger partial charge in [0.1, 0.15) is 0 Å². The lowest BCUT2D eigenvalue weighted by atomic mass is 9.93. The third-order valence-corrected chi connectivity index (χ3v) is 3.12. The minimum atomic E-state index is 0.587. The van der Waals surface area contributed by atoms with Crippen LogP contribution in [-0.4, -0.2) is 0 Å². The van der Waals surface area contributed by atoms with Crippen molar-refractivity contribution < 1.29 is 0 Å². The van der Waals surface area contributed by atoms with Gasteiger partial charge in [-0.2, -0.15) is 0 Å². The molecule has 2 atom stereocenters. The molecule has 0 nitrogen and oxygen atoms in total. The Balaban J connectivity index is 2.65. The highest BCUT2D eigenvalue weighted by Crippen LogP contribution is 2.57. The molecule has 0 bridgehead atoms. The van der Waals surface area contributed by atoms with Gasteiger partial charge in [0.15, 0.2) is 0 Å². The Morgan fingerprint density at radius 1 is 1.70 bits per heavy atom. The summed E-state index contributed by atoms with van der Waals surface area (Å²) in [5.41, 5.74) is 2.24. The van der Waals surface area contributed by atoms with Gasteiger partial charge < -0.3 is 0 Å². The Labute approximate surface area is 64.3 Å². The molecule has 0 aromatic carbocycles. The van der Waals surface area contributed by atoms with E-state index in [9.17, 15) is 0 Å². The summed E-state index contributed by atoms with van der Waals surface area (Å²) in [6.45, 7) is 9.15. The largest absolute Gasteiger partial charge is 0.0879 e. The highest BCUT2D eigenvalue weighted by atomic mass is 14.5. The maximum absolute atomic E-state index is 2.39. The van der Waals surface area contributed by atoms with E-state index in [0.717, 1.165) is 5.92 Å². The van der Waals surface area contributed by atoms with Crippen molar-refractivity contribution in [3.8, 4) is 0 Å². The molecule has 0 amide bonds. The summed E-state index contributed by atoms with van der Waals surface area (Å²) in [5.74, 6) is 0.929. The summed E-state index contributed by atoms with van der Waals surface area (Å²) in [6, 6.07) is 0. The number of allylic oxidation sites excluding steroid dienone is 2. The SMILES string of the molecule is C/C=C(\CC)C1(C)CC1C. The van der Waals surface area contributed by atoms with Crippen LogP contribution in [0, 0.1) is 11.3 Å². The maximum Gasteiger partial charge on any atom is -0.00878 e. The molecule has 0 saturated heterocycles. The van der Waals surface area contributed by atoms with E-state index in [4.69, 9.17) is 0 Å². The molecule has 0 N–H and O–H groups in total. The Bertz CT molecular complexity index is 155. The molecule has 1 fully saturated rings. The van der Waals surface area contributed by atoms with Gasteiger partial charge in [0, 0.05) is 0 Å². The van der Waals surface area contributed by atoms with Crippen LogP contribution in [0.5, 0.6) is 0 Å². The normalized spacial score (nSPS) is 40.0. The number of hydrogen-bond donors (Lipinski definition) is 0. The summed E-state index contributed by atoms with van der Waals surface area (Å²) in [7, 11) is 0. The van der Waals surface area contributed by atoms with Crippen molar-refractivity contribution in [3.63, 3.8) is 0 Å². The molecule has 0 spiro atoms. The molecule has 0 aliphatic heterocycles. The predicted molar refractivity (Wildman–Crippen MR) is 45.9 cm³/mol. The lowest BCUT2D eigenvalue weighted by Gasteiger charge is -2.12. The van der Waals surface area contributed by atoms with Crippen LogP contribution in [0.4, 0.5) is 0 Å². The Morgan fingerprint density at radius 3 is 2.30 bits per heavy atom. The highest BCUT2D eigenvalue weighted by molar-refractivity contribution is 5.21. The zero-order valence-corrected chi connectivity index (χ0v) is 7.57. The number of rotatable bonds is 2. The average Bonchev–Trinajstić information content (AvgIpc) is 2.44. The van der Waals surface area contributed by atoms with Crippen molar-refractivity contribution in [1.82, 2.24) is 0 Å². The molecule has 1 saturated carbocycles. The second-order valence-corrected chi connectivity index (χ2v) is 3.69. The third kappa shape index (κ3) is 1.00. The second kappa shape index (κ2) is 2.41. The molecular weight excluding hydrogens is 120 g/mol.